The third-order valence-electron chi connectivity index (χ3n) is 3.90. The van der Waals surface area contributed by atoms with Gasteiger partial charge in [-0.05, 0) is 43.4 Å². The van der Waals surface area contributed by atoms with Crippen molar-refractivity contribution in [3.8, 4) is 0 Å². The number of rotatable bonds is 3. The normalized spacial score (nSPS) is 23.4. The first kappa shape index (κ1) is 14.1. The molecule has 0 radical (unpaired) electrons. The van der Waals surface area contributed by atoms with Gasteiger partial charge in [0.05, 0.1) is 0 Å². The van der Waals surface area contributed by atoms with Crippen molar-refractivity contribution >= 4 is 23.4 Å². The Morgan fingerprint density at radius 1 is 1.42 bits per heavy atom. The molecule has 102 valence electrons. The summed E-state index contributed by atoms with van der Waals surface area (Å²) in [4.78, 5) is 23.7. The second-order valence-electron chi connectivity index (χ2n) is 5.29. The predicted molar refractivity (Wildman–Crippen MR) is 73.4 cm³/mol. The van der Waals surface area contributed by atoms with Crippen LogP contribution in [0.4, 0.5) is 0 Å². The number of hydrogen-bond donors (Lipinski definition) is 1. The van der Waals surface area contributed by atoms with Crippen molar-refractivity contribution in [2.75, 3.05) is 0 Å². The van der Waals surface area contributed by atoms with Gasteiger partial charge in [0, 0.05) is 11.4 Å². The van der Waals surface area contributed by atoms with Gasteiger partial charge in [0.15, 0.2) is 5.78 Å². The highest BCUT2D eigenvalue weighted by atomic mass is 35.5. The molecule has 1 atom stereocenters. The number of carboxylic acids is 1. The van der Waals surface area contributed by atoms with Gasteiger partial charge in [0.25, 0.3) is 0 Å². The number of halogens is 1. The van der Waals surface area contributed by atoms with Crippen molar-refractivity contribution in [2.24, 2.45) is 5.41 Å². The van der Waals surface area contributed by atoms with Gasteiger partial charge in [-0.25, -0.2) is 0 Å². The maximum Gasteiger partial charge on any atom is 0.317 e. The summed E-state index contributed by atoms with van der Waals surface area (Å²) in [5, 5.41) is 10.0. The number of carbonyl (C=O) groups is 2. The quantitative estimate of drug-likeness (QED) is 0.863. The van der Waals surface area contributed by atoms with E-state index in [1.807, 2.05) is 19.1 Å². The molecule has 1 unspecified atom stereocenters. The van der Waals surface area contributed by atoms with E-state index in [9.17, 15) is 14.7 Å². The highest BCUT2D eigenvalue weighted by Gasteiger charge is 2.46. The van der Waals surface area contributed by atoms with Crippen molar-refractivity contribution in [1.29, 1.82) is 0 Å². The minimum atomic E-state index is -1.28. The smallest absolute Gasteiger partial charge is 0.317 e. The Balaban J connectivity index is 2.36. The van der Waals surface area contributed by atoms with E-state index in [2.05, 4.69) is 0 Å². The fourth-order valence-corrected chi connectivity index (χ4v) is 3.00. The van der Waals surface area contributed by atoms with E-state index >= 15 is 0 Å². The van der Waals surface area contributed by atoms with Crippen molar-refractivity contribution < 1.29 is 14.7 Å². The molecular weight excluding hydrogens is 264 g/mol. The molecule has 0 saturated heterocycles. The van der Waals surface area contributed by atoms with Gasteiger partial charge in [-0.15, -0.1) is 0 Å². The van der Waals surface area contributed by atoms with Crippen LogP contribution in [0.15, 0.2) is 18.2 Å². The van der Waals surface area contributed by atoms with E-state index in [-0.39, 0.29) is 12.2 Å². The average Bonchev–Trinajstić information content (AvgIpc) is 2.35. The molecule has 0 bridgehead atoms. The van der Waals surface area contributed by atoms with Gasteiger partial charge in [-0.2, -0.15) is 0 Å². The molecule has 1 aromatic carbocycles. The number of ketones is 1. The molecule has 1 fully saturated rings. The predicted octanol–water partition coefficient (Wildman–Crippen LogP) is 3.41. The van der Waals surface area contributed by atoms with Gasteiger partial charge < -0.3 is 5.11 Å². The third-order valence-corrected chi connectivity index (χ3v) is 4.25. The standard InChI is InChI=1S/C15H17ClO3/c1-10-5-6-11(12(16)8-10)9-15(14(18)19)7-3-2-4-13(15)17/h5-6,8H,2-4,7,9H2,1H3,(H,18,19). The Morgan fingerprint density at radius 3 is 2.74 bits per heavy atom. The molecule has 0 aromatic heterocycles. The second kappa shape index (κ2) is 5.33. The van der Waals surface area contributed by atoms with Gasteiger partial charge >= 0.3 is 5.97 Å². The molecule has 3 nitrogen and oxygen atoms in total. The summed E-state index contributed by atoms with van der Waals surface area (Å²) in [6.45, 7) is 1.92. The first-order valence-electron chi connectivity index (χ1n) is 6.47. The molecule has 0 heterocycles. The zero-order chi connectivity index (χ0) is 14.0. The van der Waals surface area contributed by atoms with Crippen molar-refractivity contribution in [1.82, 2.24) is 0 Å². The summed E-state index contributed by atoms with van der Waals surface area (Å²) in [6.07, 6.45) is 2.53. The largest absolute Gasteiger partial charge is 0.480 e. The van der Waals surface area contributed by atoms with E-state index in [4.69, 9.17) is 11.6 Å². The average molecular weight is 281 g/mol. The van der Waals surface area contributed by atoms with Crippen molar-refractivity contribution in [3.05, 3.63) is 34.3 Å². The number of aryl methyl sites for hydroxylation is 1. The molecule has 1 saturated carbocycles. The lowest BCUT2D eigenvalue weighted by atomic mass is 9.69. The Bertz CT molecular complexity index is 524. The summed E-state index contributed by atoms with van der Waals surface area (Å²) in [6, 6.07) is 5.52. The first-order valence-corrected chi connectivity index (χ1v) is 6.85. The SMILES string of the molecule is Cc1ccc(CC2(C(=O)O)CCCCC2=O)c(Cl)c1. The molecule has 1 N–H and O–H groups in total. The third kappa shape index (κ3) is 2.66. The van der Waals surface area contributed by atoms with Crippen LogP contribution >= 0.6 is 11.6 Å². The summed E-state index contributed by atoms with van der Waals surface area (Å²) in [5.74, 6) is -1.18. The monoisotopic (exact) mass is 280 g/mol. The molecule has 2 rings (SSSR count). The Labute approximate surface area is 117 Å². The molecule has 4 heteroatoms. The molecule has 1 aliphatic rings. The van der Waals surface area contributed by atoms with E-state index in [0.717, 1.165) is 24.0 Å². The van der Waals surface area contributed by atoms with Crippen LogP contribution in [0.3, 0.4) is 0 Å². The highest BCUT2D eigenvalue weighted by molar-refractivity contribution is 6.31. The lowest BCUT2D eigenvalue weighted by Gasteiger charge is -2.32. The number of aliphatic carboxylic acids is 1. The minimum Gasteiger partial charge on any atom is -0.480 e. The number of benzene rings is 1. The Kier molecular flexibility index (Phi) is 3.95. The van der Waals surface area contributed by atoms with Gasteiger partial charge in [0.2, 0.25) is 0 Å². The van der Waals surface area contributed by atoms with Crippen molar-refractivity contribution in [2.45, 2.75) is 39.0 Å². The van der Waals surface area contributed by atoms with Crippen LogP contribution in [0.2, 0.25) is 5.02 Å². The molecule has 1 aliphatic carbocycles. The van der Waals surface area contributed by atoms with Crippen LogP contribution in [0, 0.1) is 12.3 Å². The zero-order valence-corrected chi connectivity index (χ0v) is 11.7. The fraction of sp³-hybridized carbons (Fsp3) is 0.467. The van der Waals surface area contributed by atoms with Crippen molar-refractivity contribution in [3.63, 3.8) is 0 Å². The summed E-state index contributed by atoms with van der Waals surface area (Å²) < 4.78 is 0. The molecular formula is C15H17ClO3. The fourth-order valence-electron chi connectivity index (χ4n) is 2.70. The maximum absolute atomic E-state index is 12.1. The summed E-state index contributed by atoms with van der Waals surface area (Å²) in [7, 11) is 0. The minimum absolute atomic E-state index is 0.164. The van der Waals surface area contributed by atoms with E-state index in [1.165, 1.54) is 0 Å². The van der Waals surface area contributed by atoms with Crippen LogP contribution in [0.1, 0.15) is 36.8 Å². The van der Waals surface area contributed by atoms with Gasteiger partial charge in [0.1, 0.15) is 5.41 Å². The van der Waals surface area contributed by atoms with E-state index < -0.39 is 11.4 Å². The molecule has 19 heavy (non-hydrogen) atoms. The van der Waals surface area contributed by atoms with Crippen LogP contribution in [0.25, 0.3) is 0 Å². The van der Waals surface area contributed by atoms with E-state index in [0.29, 0.717) is 17.9 Å². The number of carboxylic acid groups (broad SMARTS) is 1. The highest BCUT2D eigenvalue weighted by Crippen LogP contribution is 2.38. The molecule has 1 aromatic rings. The second-order valence-corrected chi connectivity index (χ2v) is 5.70. The molecule has 0 spiro atoms. The first-order chi connectivity index (χ1) is 8.95. The number of carbonyl (C=O) groups excluding carboxylic acids is 1. The lowest BCUT2D eigenvalue weighted by molar-refractivity contribution is -0.157. The van der Waals surface area contributed by atoms with Crippen LogP contribution < -0.4 is 0 Å². The topological polar surface area (TPSA) is 54.4 Å². The van der Waals surface area contributed by atoms with Gasteiger partial charge in [-0.1, -0.05) is 30.2 Å². The number of hydrogen-bond acceptors (Lipinski definition) is 2. The van der Waals surface area contributed by atoms with Gasteiger partial charge in [-0.3, -0.25) is 9.59 Å². The lowest BCUT2D eigenvalue weighted by Crippen LogP contribution is -2.43. The summed E-state index contributed by atoms with van der Waals surface area (Å²) in [5.41, 5.74) is 0.481. The van der Waals surface area contributed by atoms with E-state index in [1.54, 1.807) is 6.07 Å². The van der Waals surface area contributed by atoms with Crippen LogP contribution in [0.5, 0.6) is 0 Å². The maximum atomic E-state index is 12.1. The number of Topliss-reactive ketones (excluding diaryl/α,β-unsaturated/α-hetero) is 1. The summed E-state index contributed by atoms with van der Waals surface area (Å²) >= 11 is 6.16. The molecule has 0 aliphatic heterocycles. The van der Waals surface area contributed by atoms with Crippen LogP contribution in [-0.2, 0) is 16.0 Å². The Hall–Kier alpha value is -1.35. The Morgan fingerprint density at radius 2 is 2.16 bits per heavy atom. The molecule has 0 amide bonds. The van der Waals surface area contributed by atoms with Crippen LogP contribution in [-0.4, -0.2) is 16.9 Å². The zero-order valence-electron chi connectivity index (χ0n) is 10.9.